The minimum Gasteiger partial charge on any atom is -0.507 e. The molecule has 0 amide bonds. The number of ketones is 1. The molecule has 0 heterocycles. The molecule has 5 heteroatoms. The van der Waals surface area contributed by atoms with Crippen molar-refractivity contribution >= 4 is 12.3 Å². The van der Waals surface area contributed by atoms with Crippen molar-refractivity contribution in [3.05, 3.63) is 77.4 Å². The van der Waals surface area contributed by atoms with Crippen LogP contribution in [0.5, 0.6) is 17.2 Å². The smallest absolute Gasteiger partial charge is 0.298 e. The van der Waals surface area contributed by atoms with Gasteiger partial charge in [-0.05, 0) is 59.9 Å². The third-order valence-corrected chi connectivity index (χ3v) is 4.95. The molecule has 3 rings (SSSR count). The van der Waals surface area contributed by atoms with Crippen molar-refractivity contribution in [3.63, 3.8) is 0 Å². The highest BCUT2D eigenvalue weighted by Gasteiger charge is 2.17. The van der Waals surface area contributed by atoms with Gasteiger partial charge in [0.1, 0.15) is 23.9 Å². The Bertz CT molecular complexity index is 1080. The van der Waals surface area contributed by atoms with E-state index in [1.807, 2.05) is 50.2 Å². The average Bonchev–Trinajstić information content (AvgIpc) is 2.75. The number of aromatic hydroxyl groups is 1. The summed E-state index contributed by atoms with van der Waals surface area (Å²) in [7, 11) is 0. The van der Waals surface area contributed by atoms with Gasteiger partial charge in [0.25, 0.3) is 6.47 Å². The Balaban J connectivity index is 1.75. The zero-order valence-corrected chi connectivity index (χ0v) is 17.9. The van der Waals surface area contributed by atoms with Gasteiger partial charge in [-0.25, -0.2) is 0 Å². The number of phenolic OH excluding ortho intramolecular Hbond substituents is 1. The Morgan fingerprint density at radius 3 is 2.45 bits per heavy atom. The van der Waals surface area contributed by atoms with Gasteiger partial charge in [-0.2, -0.15) is 0 Å². The first kappa shape index (κ1) is 22.1. The van der Waals surface area contributed by atoms with Gasteiger partial charge >= 0.3 is 0 Å². The summed E-state index contributed by atoms with van der Waals surface area (Å²) in [5.74, 6) is 1.14. The predicted octanol–water partition coefficient (Wildman–Crippen LogP) is 5.71. The molecule has 0 aromatic heterocycles. The quantitative estimate of drug-likeness (QED) is 0.356. The molecule has 0 spiro atoms. The second kappa shape index (κ2) is 9.94. The Morgan fingerprint density at radius 2 is 1.74 bits per heavy atom. The number of ether oxygens (including phenoxy) is 2. The van der Waals surface area contributed by atoms with Gasteiger partial charge in [-0.3, -0.25) is 9.59 Å². The summed E-state index contributed by atoms with van der Waals surface area (Å²) in [4.78, 5) is 22.9. The van der Waals surface area contributed by atoms with E-state index in [0.717, 1.165) is 16.7 Å². The molecule has 3 aromatic rings. The summed E-state index contributed by atoms with van der Waals surface area (Å²) < 4.78 is 10.9. The lowest BCUT2D eigenvalue weighted by Gasteiger charge is -2.14. The van der Waals surface area contributed by atoms with Crippen LogP contribution >= 0.6 is 0 Å². The van der Waals surface area contributed by atoms with E-state index in [1.165, 1.54) is 0 Å². The van der Waals surface area contributed by atoms with E-state index in [1.54, 1.807) is 31.2 Å². The second-order valence-electron chi connectivity index (χ2n) is 7.84. The minimum absolute atomic E-state index is 0.0242. The summed E-state index contributed by atoms with van der Waals surface area (Å²) in [6.45, 7) is 6.39. The van der Waals surface area contributed by atoms with Crippen molar-refractivity contribution in [2.24, 2.45) is 5.92 Å². The summed E-state index contributed by atoms with van der Waals surface area (Å²) in [6.07, 6.45) is 0.388. The van der Waals surface area contributed by atoms with Crippen LogP contribution in [0.3, 0.4) is 0 Å². The summed E-state index contributed by atoms with van der Waals surface area (Å²) in [6, 6.07) is 18.5. The van der Waals surface area contributed by atoms with Crippen LogP contribution < -0.4 is 9.47 Å². The molecule has 3 aromatic carbocycles. The minimum atomic E-state index is -0.0735. The molecule has 0 unspecified atom stereocenters. The highest BCUT2D eigenvalue weighted by atomic mass is 16.5. The Morgan fingerprint density at radius 1 is 1.03 bits per heavy atom. The summed E-state index contributed by atoms with van der Waals surface area (Å²) >= 11 is 0. The fraction of sp³-hybridized carbons (Fsp3) is 0.231. The maximum atomic E-state index is 12.3. The van der Waals surface area contributed by atoms with E-state index in [0.29, 0.717) is 42.1 Å². The predicted molar refractivity (Wildman–Crippen MR) is 120 cm³/mol. The van der Waals surface area contributed by atoms with Gasteiger partial charge in [0, 0.05) is 12.0 Å². The van der Waals surface area contributed by atoms with E-state index in [-0.39, 0.29) is 17.5 Å². The monoisotopic (exact) mass is 418 g/mol. The molecule has 0 aliphatic heterocycles. The molecule has 1 N–H and O–H groups in total. The van der Waals surface area contributed by atoms with Crippen molar-refractivity contribution in [2.75, 3.05) is 0 Å². The fourth-order valence-electron chi connectivity index (χ4n) is 3.35. The van der Waals surface area contributed by atoms with E-state index >= 15 is 0 Å². The van der Waals surface area contributed by atoms with Gasteiger partial charge in [0.05, 0.1) is 5.56 Å². The summed E-state index contributed by atoms with van der Waals surface area (Å²) in [5.41, 5.74) is 3.70. The standard InChI is InChI=1S/C26H26O5/c1-17(2)12-24(28)23-10-11-25(18(3)26(23)29)30-15-19-6-4-7-20(13-19)21-8-5-9-22(14-21)31-16-27/h4-11,13-14,16-17,29H,12,15H2,1-3H3. The molecule has 0 bridgehead atoms. The molecule has 0 fully saturated rings. The zero-order chi connectivity index (χ0) is 22.4. The Labute approximate surface area is 182 Å². The molecule has 31 heavy (non-hydrogen) atoms. The number of benzene rings is 3. The van der Waals surface area contributed by atoms with Gasteiger partial charge in [-0.15, -0.1) is 0 Å². The molecule has 5 nitrogen and oxygen atoms in total. The van der Waals surface area contributed by atoms with Crippen LogP contribution in [0.1, 0.15) is 41.8 Å². The van der Waals surface area contributed by atoms with Gasteiger partial charge < -0.3 is 14.6 Å². The number of hydrogen-bond donors (Lipinski definition) is 1. The van der Waals surface area contributed by atoms with E-state index in [2.05, 4.69) is 0 Å². The van der Waals surface area contributed by atoms with Gasteiger partial charge in [0.2, 0.25) is 0 Å². The van der Waals surface area contributed by atoms with Crippen molar-refractivity contribution in [1.29, 1.82) is 0 Å². The molecular weight excluding hydrogens is 392 g/mol. The summed E-state index contributed by atoms with van der Waals surface area (Å²) in [5, 5.41) is 10.5. The normalized spacial score (nSPS) is 10.7. The maximum absolute atomic E-state index is 12.3. The molecule has 160 valence electrons. The third-order valence-electron chi connectivity index (χ3n) is 4.95. The largest absolute Gasteiger partial charge is 0.507 e. The lowest BCUT2D eigenvalue weighted by molar-refractivity contribution is -0.120. The molecule has 0 aliphatic rings. The van der Waals surface area contributed by atoms with E-state index < -0.39 is 0 Å². The van der Waals surface area contributed by atoms with Gasteiger partial charge in [-0.1, -0.05) is 44.2 Å². The van der Waals surface area contributed by atoms with Crippen LogP contribution in [0.25, 0.3) is 11.1 Å². The van der Waals surface area contributed by atoms with Gasteiger partial charge in [0.15, 0.2) is 5.78 Å². The van der Waals surface area contributed by atoms with Crippen LogP contribution in [-0.2, 0) is 11.4 Å². The lowest BCUT2D eigenvalue weighted by Crippen LogP contribution is -2.05. The molecule has 0 aliphatic carbocycles. The molecule has 0 saturated carbocycles. The number of hydrogen-bond acceptors (Lipinski definition) is 5. The first-order chi connectivity index (χ1) is 14.9. The maximum Gasteiger partial charge on any atom is 0.298 e. The Hall–Kier alpha value is -3.60. The number of phenols is 1. The first-order valence-electron chi connectivity index (χ1n) is 10.2. The van der Waals surface area contributed by atoms with E-state index in [9.17, 15) is 14.7 Å². The van der Waals surface area contributed by atoms with Crippen molar-refractivity contribution in [1.82, 2.24) is 0 Å². The lowest BCUT2D eigenvalue weighted by atomic mass is 9.98. The van der Waals surface area contributed by atoms with Crippen LogP contribution in [0, 0.1) is 12.8 Å². The van der Waals surface area contributed by atoms with Crippen LogP contribution in [0.15, 0.2) is 60.7 Å². The number of rotatable bonds is 9. The number of Topliss-reactive ketones (excluding diaryl/α,β-unsaturated/α-hetero) is 1. The van der Waals surface area contributed by atoms with Crippen LogP contribution in [0.2, 0.25) is 0 Å². The van der Waals surface area contributed by atoms with Crippen molar-refractivity contribution in [2.45, 2.75) is 33.8 Å². The van der Waals surface area contributed by atoms with Crippen LogP contribution in [-0.4, -0.2) is 17.4 Å². The Kier molecular flexibility index (Phi) is 7.08. The molecular formula is C26H26O5. The topological polar surface area (TPSA) is 72.8 Å². The zero-order valence-electron chi connectivity index (χ0n) is 17.9. The van der Waals surface area contributed by atoms with Crippen LogP contribution in [0.4, 0.5) is 0 Å². The molecule has 0 radical (unpaired) electrons. The highest BCUT2D eigenvalue weighted by molar-refractivity contribution is 5.99. The third kappa shape index (κ3) is 5.51. The first-order valence-corrected chi connectivity index (χ1v) is 10.2. The SMILES string of the molecule is Cc1c(OCc2cccc(-c3cccc(OC=O)c3)c2)ccc(C(=O)CC(C)C)c1O. The van der Waals surface area contributed by atoms with Crippen molar-refractivity contribution < 1.29 is 24.2 Å². The number of carbonyl (C=O) groups is 2. The average molecular weight is 418 g/mol. The van der Waals surface area contributed by atoms with E-state index in [4.69, 9.17) is 9.47 Å². The molecule has 0 saturated heterocycles. The highest BCUT2D eigenvalue weighted by Crippen LogP contribution is 2.32. The number of carbonyl (C=O) groups excluding carboxylic acids is 2. The fourth-order valence-corrected chi connectivity index (χ4v) is 3.35. The van der Waals surface area contributed by atoms with Crippen molar-refractivity contribution in [3.8, 4) is 28.4 Å². The second-order valence-corrected chi connectivity index (χ2v) is 7.84. The molecule has 0 atom stereocenters.